The van der Waals surface area contributed by atoms with E-state index < -0.39 is 0 Å². The molecule has 0 bridgehead atoms. The summed E-state index contributed by atoms with van der Waals surface area (Å²) in [6, 6.07) is 0.0913. The van der Waals surface area contributed by atoms with Crippen molar-refractivity contribution in [2.75, 3.05) is 20.2 Å². The average molecular weight is 197 g/mol. The van der Waals surface area contributed by atoms with Gasteiger partial charge in [0.05, 0.1) is 19.2 Å². The fourth-order valence-corrected chi connectivity index (χ4v) is 1.64. The van der Waals surface area contributed by atoms with Crippen molar-refractivity contribution in [2.45, 2.75) is 25.9 Å². The van der Waals surface area contributed by atoms with E-state index in [9.17, 15) is 4.79 Å². The molecule has 0 aromatic heterocycles. The summed E-state index contributed by atoms with van der Waals surface area (Å²) in [6.07, 6.45) is 1.80. The lowest BCUT2D eigenvalue weighted by molar-refractivity contribution is 0.0589. The zero-order valence-corrected chi connectivity index (χ0v) is 8.73. The Morgan fingerprint density at radius 3 is 2.57 bits per heavy atom. The molecule has 0 aromatic rings. The minimum absolute atomic E-state index is 0.0262. The summed E-state index contributed by atoms with van der Waals surface area (Å²) in [5, 5.41) is 8.80. The van der Waals surface area contributed by atoms with Crippen LogP contribution in [0.4, 0.5) is 4.79 Å². The molecule has 14 heavy (non-hydrogen) atoms. The molecule has 2 atom stereocenters. The van der Waals surface area contributed by atoms with Crippen LogP contribution >= 0.6 is 0 Å². The molecule has 5 heteroatoms. The van der Waals surface area contributed by atoms with Gasteiger partial charge in [-0.05, 0) is 13.8 Å². The first kappa shape index (κ1) is 10.6. The highest BCUT2D eigenvalue weighted by atomic mass is 16.5. The number of carbonyl (C=O) groups is 1. The normalized spacial score (nSPS) is 27.0. The molecule has 5 nitrogen and oxygen atoms in total. The average Bonchev–Trinajstić information content (AvgIpc) is 2.19. The molecule has 0 aliphatic carbocycles. The van der Waals surface area contributed by atoms with Crippen molar-refractivity contribution >= 4 is 6.09 Å². The third-order valence-electron chi connectivity index (χ3n) is 2.52. The number of ether oxygens (including phenoxy) is 1. The van der Waals surface area contributed by atoms with Crippen molar-refractivity contribution in [3.05, 3.63) is 0 Å². The third kappa shape index (κ3) is 1.90. The van der Waals surface area contributed by atoms with E-state index in [1.165, 1.54) is 7.11 Å². The molecule has 2 unspecified atom stereocenters. The van der Waals surface area contributed by atoms with Gasteiger partial charge in [0.2, 0.25) is 0 Å². The van der Waals surface area contributed by atoms with Crippen molar-refractivity contribution in [1.82, 2.24) is 9.80 Å². The predicted molar refractivity (Wildman–Crippen MR) is 50.4 cm³/mol. The SMILES string of the molecule is COC(=O)N1CC(C)N(C#N)CC1C. The summed E-state index contributed by atoms with van der Waals surface area (Å²) in [5.74, 6) is 0. The lowest BCUT2D eigenvalue weighted by Gasteiger charge is -2.40. The van der Waals surface area contributed by atoms with Crippen LogP contribution in [0.5, 0.6) is 0 Å². The summed E-state index contributed by atoms with van der Waals surface area (Å²) in [7, 11) is 1.37. The zero-order valence-electron chi connectivity index (χ0n) is 8.73. The summed E-state index contributed by atoms with van der Waals surface area (Å²) in [4.78, 5) is 14.7. The van der Waals surface area contributed by atoms with Gasteiger partial charge < -0.3 is 14.5 Å². The van der Waals surface area contributed by atoms with Crippen LogP contribution in [0.15, 0.2) is 0 Å². The molecule has 0 radical (unpaired) electrons. The van der Waals surface area contributed by atoms with Crippen molar-refractivity contribution in [2.24, 2.45) is 0 Å². The molecule has 1 saturated heterocycles. The maximum absolute atomic E-state index is 11.3. The first-order chi connectivity index (χ1) is 6.60. The Morgan fingerprint density at radius 2 is 2.07 bits per heavy atom. The molecule has 1 fully saturated rings. The number of methoxy groups -OCH3 is 1. The van der Waals surface area contributed by atoms with Gasteiger partial charge in [0.25, 0.3) is 0 Å². The number of carbonyl (C=O) groups excluding carboxylic acids is 1. The van der Waals surface area contributed by atoms with Gasteiger partial charge >= 0.3 is 6.09 Å². The van der Waals surface area contributed by atoms with Crippen LogP contribution in [-0.4, -0.2) is 48.2 Å². The number of hydrogen-bond donors (Lipinski definition) is 0. The zero-order chi connectivity index (χ0) is 10.7. The van der Waals surface area contributed by atoms with Crippen LogP contribution in [0.2, 0.25) is 0 Å². The third-order valence-corrected chi connectivity index (χ3v) is 2.52. The molecule has 0 N–H and O–H groups in total. The van der Waals surface area contributed by atoms with Gasteiger partial charge in [-0.15, -0.1) is 0 Å². The highest BCUT2D eigenvalue weighted by Crippen LogP contribution is 2.14. The summed E-state index contributed by atoms with van der Waals surface area (Å²) < 4.78 is 4.66. The Labute approximate surface area is 83.8 Å². The highest BCUT2D eigenvalue weighted by molar-refractivity contribution is 5.68. The first-order valence-corrected chi connectivity index (χ1v) is 4.61. The van der Waals surface area contributed by atoms with Gasteiger partial charge in [-0.25, -0.2) is 4.79 Å². The van der Waals surface area contributed by atoms with Crippen molar-refractivity contribution < 1.29 is 9.53 Å². The number of rotatable bonds is 0. The maximum atomic E-state index is 11.3. The van der Waals surface area contributed by atoms with Gasteiger partial charge in [0.1, 0.15) is 0 Å². The first-order valence-electron chi connectivity index (χ1n) is 4.61. The number of nitrogens with zero attached hydrogens (tertiary/aromatic N) is 3. The lowest BCUT2D eigenvalue weighted by Crippen LogP contribution is -2.56. The minimum atomic E-state index is -0.318. The van der Waals surface area contributed by atoms with E-state index in [4.69, 9.17) is 5.26 Å². The second-order valence-electron chi connectivity index (χ2n) is 3.57. The maximum Gasteiger partial charge on any atom is 0.409 e. The van der Waals surface area contributed by atoms with Crippen LogP contribution in [-0.2, 0) is 4.74 Å². The molecule has 0 aromatic carbocycles. The van der Waals surface area contributed by atoms with Crippen LogP contribution in [0.1, 0.15) is 13.8 Å². The molecule has 1 aliphatic heterocycles. The topological polar surface area (TPSA) is 56.6 Å². The molecule has 1 rings (SSSR count). The van der Waals surface area contributed by atoms with Crippen LogP contribution in [0.25, 0.3) is 0 Å². The summed E-state index contributed by atoms with van der Waals surface area (Å²) >= 11 is 0. The predicted octanol–water partition coefficient (Wildman–Crippen LogP) is 0.628. The molecule has 1 heterocycles. The molecule has 1 amide bonds. The van der Waals surface area contributed by atoms with Crippen LogP contribution in [0, 0.1) is 11.5 Å². The van der Waals surface area contributed by atoms with Crippen molar-refractivity contribution in [3.63, 3.8) is 0 Å². The molecule has 1 aliphatic rings. The molecule has 78 valence electrons. The van der Waals surface area contributed by atoms with E-state index in [2.05, 4.69) is 10.9 Å². The lowest BCUT2D eigenvalue weighted by atomic mass is 10.1. The standard InChI is InChI=1S/C9H15N3O2/c1-7-5-12(9(13)14-3)8(2)4-11(7)6-10/h7-8H,4-5H2,1-3H3. The van der Waals surface area contributed by atoms with Crippen molar-refractivity contribution in [1.29, 1.82) is 5.26 Å². The van der Waals surface area contributed by atoms with Gasteiger partial charge in [0.15, 0.2) is 6.19 Å². The number of amides is 1. The van der Waals surface area contributed by atoms with Gasteiger partial charge in [-0.3, -0.25) is 0 Å². The van der Waals surface area contributed by atoms with E-state index >= 15 is 0 Å². The Hall–Kier alpha value is -1.44. The van der Waals surface area contributed by atoms with Crippen LogP contribution in [0.3, 0.4) is 0 Å². The van der Waals surface area contributed by atoms with Gasteiger partial charge in [-0.1, -0.05) is 0 Å². The minimum Gasteiger partial charge on any atom is -0.453 e. The number of piperazine rings is 1. The number of hydrogen-bond acceptors (Lipinski definition) is 4. The Bertz CT molecular complexity index is 261. The largest absolute Gasteiger partial charge is 0.453 e. The second-order valence-corrected chi connectivity index (χ2v) is 3.57. The summed E-state index contributed by atoms with van der Waals surface area (Å²) in [5.41, 5.74) is 0. The molecule has 0 spiro atoms. The van der Waals surface area contributed by atoms with Crippen molar-refractivity contribution in [3.8, 4) is 6.19 Å². The Kier molecular flexibility index (Phi) is 3.18. The van der Waals surface area contributed by atoms with E-state index in [-0.39, 0.29) is 18.2 Å². The quantitative estimate of drug-likeness (QED) is 0.534. The highest BCUT2D eigenvalue weighted by Gasteiger charge is 2.31. The molecular weight excluding hydrogens is 182 g/mol. The Morgan fingerprint density at radius 1 is 1.43 bits per heavy atom. The summed E-state index contributed by atoms with van der Waals surface area (Å²) in [6.45, 7) is 4.95. The number of nitriles is 1. The second kappa shape index (κ2) is 4.18. The van der Waals surface area contributed by atoms with E-state index in [1.54, 1.807) is 9.80 Å². The fraction of sp³-hybridized carbons (Fsp3) is 0.778. The monoisotopic (exact) mass is 197 g/mol. The van der Waals surface area contributed by atoms with E-state index in [1.807, 2.05) is 13.8 Å². The fourth-order valence-electron chi connectivity index (χ4n) is 1.64. The Balaban J connectivity index is 2.67. The van der Waals surface area contributed by atoms with E-state index in [0.717, 1.165) is 0 Å². The molecular formula is C9H15N3O2. The van der Waals surface area contributed by atoms with Crippen LogP contribution < -0.4 is 0 Å². The van der Waals surface area contributed by atoms with E-state index in [0.29, 0.717) is 13.1 Å². The van der Waals surface area contributed by atoms with Gasteiger partial charge in [0, 0.05) is 13.1 Å². The smallest absolute Gasteiger partial charge is 0.409 e. The van der Waals surface area contributed by atoms with Gasteiger partial charge in [-0.2, -0.15) is 5.26 Å². The molecule has 0 saturated carbocycles.